The first kappa shape index (κ1) is 18.9. The van der Waals surface area contributed by atoms with E-state index in [9.17, 15) is 13.6 Å². The Morgan fingerprint density at radius 3 is 2.29 bits per heavy atom. The lowest BCUT2D eigenvalue weighted by molar-refractivity contribution is 0.102. The van der Waals surface area contributed by atoms with Crippen LogP contribution in [-0.4, -0.2) is 26.7 Å². The second-order valence-electron chi connectivity index (χ2n) is 5.66. The molecule has 9 heteroatoms. The summed E-state index contributed by atoms with van der Waals surface area (Å²) in [5.41, 5.74) is 3.33. The van der Waals surface area contributed by atoms with Crippen LogP contribution >= 0.6 is 34.4 Å². The highest BCUT2D eigenvalue weighted by Crippen LogP contribution is 2.32. The van der Waals surface area contributed by atoms with E-state index in [1.807, 2.05) is 33.7 Å². The molecule has 0 saturated carbocycles. The zero-order valence-corrected chi connectivity index (χ0v) is 16.6. The van der Waals surface area contributed by atoms with E-state index in [0.717, 1.165) is 35.0 Å². The van der Waals surface area contributed by atoms with Crippen molar-refractivity contribution in [2.45, 2.75) is 5.16 Å². The largest absolute Gasteiger partial charge is 0.293 e. The van der Waals surface area contributed by atoms with E-state index >= 15 is 0 Å². The van der Waals surface area contributed by atoms with Crippen LogP contribution in [0.25, 0.3) is 22.5 Å². The van der Waals surface area contributed by atoms with Gasteiger partial charge < -0.3 is 0 Å². The molecule has 0 atom stereocenters. The van der Waals surface area contributed by atoms with Gasteiger partial charge in [0.05, 0.1) is 5.75 Å². The Morgan fingerprint density at radius 1 is 0.929 bits per heavy atom. The van der Waals surface area contributed by atoms with Gasteiger partial charge in [-0.25, -0.2) is 13.8 Å². The molecule has 4 rings (SSSR count). The van der Waals surface area contributed by atoms with Crippen LogP contribution in [0.4, 0.5) is 8.78 Å². The number of Topliss-reactive ketones (excluding diaryl/α,β-unsaturated/α-hetero) is 1. The van der Waals surface area contributed by atoms with Crippen molar-refractivity contribution in [2.75, 3.05) is 5.75 Å². The highest BCUT2D eigenvalue weighted by molar-refractivity contribution is 7.99. The van der Waals surface area contributed by atoms with E-state index in [1.165, 1.54) is 6.07 Å². The summed E-state index contributed by atoms with van der Waals surface area (Å²) in [5.74, 6) is -2.38. The molecule has 3 heterocycles. The fraction of sp³-hybridized carbons (Fsp3) is 0.0526. The van der Waals surface area contributed by atoms with Gasteiger partial charge in [-0.05, 0) is 41.1 Å². The third kappa shape index (κ3) is 4.01. The van der Waals surface area contributed by atoms with Crippen LogP contribution in [0.5, 0.6) is 0 Å². The molecule has 0 amide bonds. The fourth-order valence-corrected chi connectivity index (χ4v) is 4.41. The predicted octanol–water partition coefficient (Wildman–Crippen LogP) is 5.58. The first-order valence-electron chi connectivity index (χ1n) is 8.03. The average molecular weight is 432 g/mol. The summed E-state index contributed by atoms with van der Waals surface area (Å²) in [5, 5.41) is 16.6. The van der Waals surface area contributed by atoms with E-state index < -0.39 is 11.6 Å². The van der Waals surface area contributed by atoms with Crippen molar-refractivity contribution < 1.29 is 13.6 Å². The van der Waals surface area contributed by atoms with Crippen LogP contribution in [0, 0.1) is 11.6 Å². The quantitative estimate of drug-likeness (QED) is 0.295. The van der Waals surface area contributed by atoms with Crippen molar-refractivity contribution in [2.24, 2.45) is 0 Å². The minimum absolute atomic E-state index is 0.00632. The number of ketones is 1. The molecule has 4 nitrogen and oxygen atoms in total. The number of carbonyl (C=O) groups is 1. The summed E-state index contributed by atoms with van der Waals surface area (Å²) in [6.45, 7) is 0. The highest BCUT2D eigenvalue weighted by atomic mass is 32.2. The van der Waals surface area contributed by atoms with E-state index in [-0.39, 0.29) is 17.1 Å². The van der Waals surface area contributed by atoms with Crippen molar-refractivity contribution >= 4 is 40.2 Å². The Kier molecular flexibility index (Phi) is 5.56. The summed E-state index contributed by atoms with van der Waals surface area (Å²) < 4.78 is 26.4. The van der Waals surface area contributed by atoms with Crippen LogP contribution in [0.2, 0.25) is 0 Å². The summed E-state index contributed by atoms with van der Waals surface area (Å²) in [4.78, 5) is 16.8. The molecule has 140 valence electrons. The number of hydrogen-bond acceptors (Lipinski definition) is 7. The van der Waals surface area contributed by atoms with Crippen LogP contribution in [0.15, 0.2) is 57.0 Å². The maximum atomic E-state index is 13.3. The number of carbonyl (C=O) groups excluding carboxylic acids is 1. The molecule has 0 bridgehead atoms. The molecule has 3 aromatic heterocycles. The summed E-state index contributed by atoms with van der Waals surface area (Å²) in [6, 6.07) is 7.00. The van der Waals surface area contributed by atoms with Gasteiger partial charge in [-0.15, -0.1) is 10.2 Å². The molecule has 1 aromatic carbocycles. The molecule has 0 fully saturated rings. The third-order valence-corrected chi connectivity index (χ3v) is 6.03. The lowest BCUT2D eigenvalue weighted by Crippen LogP contribution is -2.05. The van der Waals surface area contributed by atoms with Crippen molar-refractivity contribution in [3.8, 4) is 22.5 Å². The van der Waals surface area contributed by atoms with Gasteiger partial charge in [-0.1, -0.05) is 11.8 Å². The van der Waals surface area contributed by atoms with E-state index in [2.05, 4.69) is 15.2 Å². The molecule has 0 saturated heterocycles. The zero-order valence-electron chi connectivity index (χ0n) is 14.1. The van der Waals surface area contributed by atoms with Gasteiger partial charge in [0.15, 0.2) is 17.4 Å². The molecule has 0 radical (unpaired) electrons. The van der Waals surface area contributed by atoms with Crippen LogP contribution < -0.4 is 0 Å². The second kappa shape index (κ2) is 8.26. The number of thiophene rings is 2. The summed E-state index contributed by atoms with van der Waals surface area (Å²) in [6.07, 6.45) is 0. The van der Waals surface area contributed by atoms with Gasteiger partial charge in [0, 0.05) is 27.5 Å². The Labute approximate surface area is 171 Å². The van der Waals surface area contributed by atoms with Crippen molar-refractivity contribution in [3.63, 3.8) is 0 Å². The van der Waals surface area contributed by atoms with Gasteiger partial charge in [-0.3, -0.25) is 4.79 Å². The zero-order chi connectivity index (χ0) is 19.5. The van der Waals surface area contributed by atoms with Crippen LogP contribution in [0.3, 0.4) is 0 Å². The minimum Gasteiger partial charge on any atom is -0.293 e. The topological polar surface area (TPSA) is 55.7 Å². The molecule has 0 aliphatic heterocycles. The molecule has 28 heavy (non-hydrogen) atoms. The second-order valence-corrected chi connectivity index (χ2v) is 8.16. The molecule has 0 unspecified atom stereocenters. The van der Waals surface area contributed by atoms with Gasteiger partial charge in [0.1, 0.15) is 11.4 Å². The number of rotatable bonds is 6. The monoisotopic (exact) mass is 431 g/mol. The van der Waals surface area contributed by atoms with Crippen molar-refractivity contribution in [3.05, 3.63) is 69.0 Å². The maximum Gasteiger partial charge on any atom is 0.210 e. The number of benzene rings is 1. The number of hydrogen-bond donors (Lipinski definition) is 0. The Balaban J connectivity index is 1.58. The molecular formula is C19H11F2N3OS3. The third-order valence-electron chi connectivity index (χ3n) is 3.83. The number of halogens is 2. The molecule has 0 N–H and O–H groups in total. The first-order chi connectivity index (χ1) is 13.6. The maximum absolute atomic E-state index is 13.3. The highest BCUT2D eigenvalue weighted by Gasteiger charge is 2.16. The molecule has 0 spiro atoms. The lowest BCUT2D eigenvalue weighted by Gasteiger charge is -2.07. The Hall–Kier alpha value is -2.49. The number of nitrogens with zero attached hydrogens (tertiary/aromatic N) is 3. The molecule has 4 aromatic rings. The number of thioether (sulfide) groups is 1. The fourth-order valence-electron chi connectivity index (χ4n) is 2.45. The van der Waals surface area contributed by atoms with Crippen molar-refractivity contribution in [1.82, 2.24) is 15.2 Å². The average Bonchev–Trinajstić information content (AvgIpc) is 3.42. The van der Waals surface area contributed by atoms with E-state index in [4.69, 9.17) is 0 Å². The SMILES string of the molecule is O=C(CSc1nnc(-c2ccsc2)c(-c2ccsc2)n1)c1ccc(F)c(F)c1. The minimum atomic E-state index is -1.05. The first-order valence-corrected chi connectivity index (χ1v) is 10.9. The Bertz CT molecular complexity index is 1120. The lowest BCUT2D eigenvalue weighted by atomic mass is 10.1. The van der Waals surface area contributed by atoms with E-state index in [1.54, 1.807) is 22.7 Å². The standard InChI is InChI=1S/C19H11F2N3OS3/c20-14-2-1-11(7-15(14)21)16(25)10-28-19-22-17(12-3-5-26-8-12)18(23-24-19)13-4-6-27-9-13/h1-9H,10H2. The van der Waals surface area contributed by atoms with Gasteiger partial charge in [0.25, 0.3) is 0 Å². The van der Waals surface area contributed by atoms with Crippen LogP contribution in [-0.2, 0) is 0 Å². The van der Waals surface area contributed by atoms with E-state index in [0.29, 0.717) is 16.5 Å². The Morgan fingerprint density at radius 2 is 1.64 bits per heavy atom. The molecule has 0 aliphatic carbocycles. The van der Waals surface area contributed by atoms with Gasteiger partial charge in [-0.2, -0.15) is 22.7 Å². The summed E-state index contributed by atoms with van der Waals surface area (Å²) in [7, 11) is 0. The molecule has 0 aliphatic rings. The summed E-state index contributed by atoms with van der Waals surface area (Å²) >= 11 is 4.22. The van der Waals surface area contributed by atoms with Gasteiger partial charge in [0.2, 0.25) is 5.16 Å². The molecular weight excluding hydrogens is 420 g/mol. The number of aromatic nitrogens is 3. The van der Waals surface area contributed by atoms with Gasteiger partial charge >= 0.3 is 0 Å². The normalized spacial score (nSPS) is 10.9. The van der Waals surface area contributed by atoms with Crippen LogP contribution in [0.1, 0.15) is 10.4 Å². The predicted molar refractivity (Wildman–Crippen MR) is 108 cm³/mol. The smallest absolute Gasteiger partial charge is 0.210 e. The van der Waals surface area contributed by atoms with Crippen molar-refractivity contribution in [1.29, 1.82) is 0 Å².